The molecule has 0 aromatic heterocycles. The fourth-order valence-corrected chi connectivity index (χ4v) is 4.27. The molecule has 5 nitrogen and oxygen atoms in total. The van der Waals surface area contributed by atoms with Crippen molar-refractivity contribution in [3.8, 4) is 0 Å². The fraction of sp³-hybridized carbons (Fsp3) is 0.600. The average Bonchev–Trinajstić information content (AvgIpc) is 2.60. The number of rotatable bonds is 6. The van der Waals surface area contributed by atoms with Crippen LogP contribution in [0.1, 0.15) is 50.5 Å². The maximum atomic E-state index is 12.5. The van der Waals surface area contributed by atoms with Crippen molar-refractivity contribution in [2.75, 3.05) is 13.2 Å². The third-order valence-electron chi connectivity index (χ3n) is 5.49. The molecule has 1 heterocycles. The van der Waals surface area contributed by atoms with E-state index >= 15 is 0 Å². The lowest BCUT2D eigenvalue weighted by atomic mass is 9.67. The molecule has 1 aliphatic carbocycles. The molecule has 3 rings (SSSR count). The highest BCUT2D eigenvalue weighted by atomic mass is 35.5. The number of imide groups is 1. The summed E-state index contributed by atoms with van der Waals surface area (Å²) < 4.78 is 5.50. The van der Waals surface area contributed by atoms with Gasteiger partial charge in [0.05, 0.1) is 25.9 Å². The molecule has 2 amide bonds. The molecule has 1 N–H and O–H groups in total. The van der Waals surface area contributed by atoms with E-state index in [1.165, 1.54) is 11.3 Å². The van der Waals surface area contributed by atoms with Crippen molar-refractivity contribution in [3.05, 3.63) is 34.9 Å². The largest absolute Gasteiger partial charge is 0.389 e. The number of benzene rings is 1. The SMILES string of the molecule is O=C1CC2(CCCCC2)CC(=O)N1CC(O)COCc1ccccc1Cl. The Morgan fingerprint density at radius 2 is 1.77 bits per heavy atom. The topological polar surface area (TPSA) is 66.8 Å². The quantitative estimate of drug-likeness (QED) is 0.770. The molecule has 142 valence electrons. The number of halogens is 1. The standard InChI is InChI=1S/C20H26ClNO4/c21-17-7-3-2-6-15(17)13-26-14-16(23)12-22-18(24)10-20(11-19(22)25)8-4-1-5-9-20/h2-3,6-7,16,23H,1,4-5,8-14H2. The van der Waals surface area contributed by atoms with E-state index in [-0.39, 0.29) is 37.0 Å². The minimum Gasteiger partial charge on any atom is -0.389 e. The normalized spacial score (nSPS) is 21.2. The van der Waals surface area contributed by atoms with Crippen molar-refractivity contribution in [3.63, 3.8) is 0 Å². The van der Waals surface area contributed by atoms with Crippen LogP contribution in [0.5, 0.6) is 0 Å². The summed E-state index contributed by atoms with van der Waals surface area (Å²) in [7, 11) is 0. The Morgan fingerprint density at radius 3 is 2.42 bits per heavy atom. The van der Waals surface area contributed by atoms with Gasteiger partial charge in [-0.3, -0.25) is 14.5 Å². The molecule has 2 aliphatic rings. The summed E-state index contributed by atoms with van der Waals surface area (Å²) in [5.41, 5.74) is 0.708. The van der Waals surface area contributed by atoms with Crippen molar-refractivity contribution >= 4 is 23.4 Å². The minimum atomic E-state index is -0.897. The molecule has 0 bridgehead atoms. The number of β-amino-alcohol motifs (C(OH)–C–C–N with tert-alkyl or cyclic N) is 1. The second kappa shape index (κ2) is 8.51. The summed E-state index contributed by atoms with van der Waals surface area (Å²) in [5, 5.41) is 10.8. The maximum absolute atomic E-state index is 12.5. The highest BCUT2D eigenvalue weighted by Crippen LogP contribution is 2.45. The highest BCUT2D eigenvalue weighted by Gasteiger charge is 2.44. The summed E-state index contributed by atoms with van der Waals surface area (Å²) >= 11 is 6.06. The van der Waals surface area contributed by atoms with E-state index in [0.717, 1.165) is 31.2 Å². The molecular formula is C20H26ClNO4. The Bertz CT molecular complexity index is 637. The lowest BCUT2D eigenvalue weighted by Crippen LogP contribution is -2.51. The van der Waals surface area contributed by atoms with Crippen molar-refractivity contribution < 1.29 is 19.4 Å². The molecule has 26 heavy (non-hydrogen) atoms. The molecular weight excluding hydrogens is 354 g/mol. The van der Waals surface area contributed by atoms with Gasteiger partial charge in [0.2, 0.25) is 11.8 Å². The van der Waals surface area contributed by atoms with Gasteiger partial charge in [-0.25, -0.2) is 0 Å². The van der Waals surface area contributed by atoms with Crippen LogP contribution in [0.4, 0.5) is 0 Å². The van der Waals surface area contributed by atoms with E-state index < -0.39 is 6.10 Å². The predicted octanol–water partition coefficient (Wildman–Crippen LogP) is 3.32. The monoisotopic (exact) mass is 379 g/mol. The van der Waals surface area contributed by atoms with E-state index in [2.05, 4.69) is 0 Å². The lowest BCUT2D eigenvalue weighted by Gasteiger charge is -2.42. The Kier molecular flexibility index (Phi) is 6.33. The molecule has 1 unspecified atom stereocenters. The van der Waals surface area contributed by atoms with Crippen LogP contribution >= 0.6 is 11.6 Å². The summed E-state index contributed by atoms with van der Waals surface area (Å²) in [6, 6.07) is 7.35. The zero-order valence-corrected chi connectivity index (χ0v) is 15.7. The van der Waals surface area contributed by atoms with Gasteiger partial charge < -0.3 is 9.84 Å². The molecule has 0 radical (unpaired) electrons. The van der Waals surface area contributed by atoms with Crippen LogP contribution < -0.4 is 0 Å². The van der Waals surface area contributed by atoms with Gasteiger partial charge in [-0.05, 0) is 29.9 Å². The summed E-state index contributed by atoms with van der Waals surface area (Å²) in [6.07, 6.45) is 5.25. The van der Waals surface area contributed by atoms with E-state index in [9.17, 15) is 14.7 Å². The van der Waals surface area contributed by atoms with Gasteiger partial charge in [0.1, 0.15) is 0 Å². The van der Waals surface area contributed by atoms with Crippen LogP contribution in [-0.2, 0) is 20.9 Å². The number of hydrogen-bond donors (Lipinski definition) is 1. The Balaban J connectivity index is 1.48. The summed E-state index contributed by atoms with van der Waals surface area (Å²) in [6.45, 7) is 0.325. The van der Waals surface area contributed by atoms with Crippen LogP contribution in [-0.4, -0.2) is 41.1 Å². The lowest BCUT2D eigenvalue weighted by molar-refractivity contribution is -0.157. The van der Waals surface area contributed by atoms with Crippen molar-refractivity contribution in [2.24, 2.45) is 5.41 Å². The first kappa shape index (κ1) is 19.3. The zero-order valence-electron chi connectivity index (χ0n) is 15.0. The number of carbonyl (C=O) groups is 2. The van der Waals surface area contributed by atoms with Crippen LogP contribution in [0.15, 0.2) is 24.3 Å². The van der Waals surface area contributed by atoms with Gasteiger partial charge in [-0.15, -0.1) is 0 Å². The molecule has 1 saturated carbocycles. The van der Waals surface area contributed by atoms with E-state index in [4.69, 9.17) is 16.3 Å². The Morgan fingerprint density at radius 1 is 1.12 bits per heavy atom. The van der Waals surface area contributed by atoms with Crippen LogP contribution in [0.25, 0.3) is 0 Å². The first-order valence-corrected chi connectivity index (χ1v) is 9.69. The summed E-state index contributed by atoms with van der Waals surface area (Å²) in [5.74, 6) is -0.318. The average molecular weight is 380 g/mol. The number of likely N-dealkylation sites (tertiary alicyclic amines) is 1. The molecule has 6 heteroatoms. The number of amides is 2. The third-order valence-corrected chi connectivity index (χ3v) is 5.86. The molecule has 1 aromatic carbocycles. The molecule has 1 saturated heterocycles. The number of aliphatic hydroxyl groups excluding tert-OH is 1. The van der Waals surface area contributed by atoms with Gasteiger partial charge in [0, 0.05) is 17.9 Å². The summed E-state index contributed by atoms with van der Waals surface area (Å²) in [4.78, 5) is 26.2. The van der Waals surface area contributed by atoms with Gasteiger partial charge in [-0.1, -0.05) is 49.1 Å². The smallest absolute Gasteiger partial charge is 0.229 e. The number of hydrogen-bond acceptors (Lipinski definition) is 4. The zero-order chi connectivity index (χ0) is 18.6. The second-order valence-corrected chi connectivity index (χ2v) is 7.98. The number of nitrogens with zero attached hydrogens (tertiary/aromatic N) is 1. The number of ether oxygens (including phenoxy) is 1. The molecule has 1 spiro atoms. The number of carbonyl (C=O) groups excluding carboxylic acids is 2. The molecule has 1 aliphatic heterocycles. The Hall–Kier alpha value is -1.43. The van der Waals surface area contributed by atoms with Crippen molar-refractivity contribution in [1.82, 2.24) is 4.90 Å². The first-order valence-electron chi connectivity index (χ1n) is 9.31. The Labute approximate surface area is 159 Å². The van der Waals surface area contributed by atoms with E-state index in [1.807, 2.05) is 18.2 Å². The first-order chi connectivity index (χ1) is 12.5. The van der Waals surface area contributed by atoms with Gasteiger partial charge in [0.15, 0.2) is 0 Å². The third kappa shape index (κ3) is 4.64. The highest BCUT2D eigenvalue weighted by molar-refractivity contribution is 6.31. The maximum Gasteiger partial charge on any atom is 0.229 e. The second-order valence-electron chi connectivity index (χ2n) is 7.57. The molecule has 1 atom stereocenters. The van der Waals surface area contributed by atoms with Crippen LogP contribution in [0.2, 0.25) is 5.02 Å². The van der Waals surface area contributed by atoms with Crippen molar-refractivity contribution in [2.45, 2.75) is 57.7 Å². The predicted molar refractivity (Wildman–Crippen MR) is 98.6 cm³/mol. The van der Waals surface area contributed by atoms with Crippen molar-refractivity contribution in [1.29, 1.82) is 0 Å². The fourth-order valence-electron chi connectivity index (χ4n) is 4.08. The van der Waals surface area contributed by atoms with Crippen LogP contribution in [0, 0.1) is 5.41 Å². The van der Waals surface area contributed by atoms with E-state index in [0.29, 0.717) is 17.9 Å². The number of aliphatic hydroxyl groups is 1. The van der Waals surface area contributed by atoms with Crippen LogP contribution in [0.3, 0.4) is 0 Å². The number of piperidine rings is 1. The molecule has 1 aromatic rings. The van der Waals surface area contributed by atoms with E-state index in [1.54, 1.807) is 6.07 Å². The van der Waals surface area contributed by atoms with Gasteiger partial charge in [0.25, 0.3) is 0 Å². The minimum absolute atomic E-state index is 0.00370. The molecule has 2 fully saturated rings. The van der Waals surface area contributed by atoms with Gasteiger partial charge >= 0.3 is 0 Å². The van der Waals surface area contributed by atoms with Gasteiger partial charge in [-0.2, -0.15) is 0 Å².